The van der Waals surface area contributed by atoms with Crippen molar-refractivity contribution < 1.29 is 27.8 Å². The molecule has 0 aliphatic rings. The van der Waals surface area contributed by atoms with Gasteiger partial charge in [-0.2, -0.15) is 13.2 Å². The first-order chi connectivity index (χ1) is 7.34. The summed E-state index contributed by atoms with van der Waals surface area (Å²) < 4.78 is 39.5. The molecule has 0 bridgehead atoms. The van der Waals surface area contributed by atoms with Gasteiger partial charge < -0.3 is 9.84 Å². The van der Waals surface area contributed by atoms with Crippen molar-refractivity contribution in [3.05, 3.63) is 30.3 Å². The number of hydrogen-bond donors (Lipinski definition) is 1. The van der Waals surface area contributed by atoms with Crippen molar-refractivity contribution in [3.8, 4) is 11.5 Å². The number of alkyl halides is 3. The fraction of sp³-hybridized carbons (Fsp3) is 0.100. The van der Waals surface area contributed by atoms with Crippen molar-refractivity contribution >= 4 is 12.0 Å². The Hall–Kier alpha value is -1.98. The lowest BCUT2D eigenvalue weighted by molar-refractivity contribution is -0.189. The van der Waals surface area contributed by atoms with E-state index in [1.54, 1.807) is 0 Å². The van der Waals surface area contributed by atoms with E-state index in [4.69, 9.17) is 0 Å². The predicted octanol–water partition coefficient (Wildman–Crippen LogP) is 2.50. The van der Waals surface area contributed by atoms with E-state index in [1.807, 2.05) is 0 Å². The molecular formula is C10H7F3O3. The highest BCUT2D eigenvalue weighted by Gasteiger charge is 2.41. The van der Waals surface area contributed by atoms with Crippen LogP contribution in [0.5, 0.6) is 11.5 Å². The first kappa shape index (κ1) is 12.1. The van der Waals surface area contributed by atoms with Gasteiger partial charge in [0.25, 0.3) is 0 Å². The maximum atomic E-state index is 11.8. The maximum Gasteiger partial charge on any atom is 0.491 e. The van der Waals surface area contributed by atoms with Gasteiger partial charge in [0.15, 0.2) is 11.5 Å². The Morgan fingerprint density at radius 1 is 1.44 bits per heavy atom. The highest BCUT2D eigenvalue weighted by atomic mass is 19.4. The Morgan fingerprint density at radius 3 is 2.50 bits per heavy atom. The average Bonchev–Trinajstić information content (AvgIpc) is 2.19. The van der Waals surface area contributed by atoms with Crippen molar-refractivity contribution in [2.75, 3.05) is 0 Å². The zero-order valence-electron chi connectivity index (χ0n) is 7.91. The molecule has 0 saturated carbocycles. The summed E-state index contributed by atoms with van der Waals surface area (Å²) in [6.45, 7) is 3.40. The van der Waals surface area contributed by atoms with E-state index in [9.17, 15) is 23.1 Å². The number of phenols is 1. The summed E-state index contributed by atoms with van der Waals surface area (Å²) in [5.41, 5.74) is 0.490. The minimum absolute atomic E-state index is 0.490. The van der Waals surface area contributed by atoms with Crippen molar-refractivity contribution in [1.82, 2.24) is 0 Å². The first-order valence-corrected chi connectivity index (χ1v) is 4.09. The number of carbonyl (C=O) groups excluding carboxylic acids is 1. The van der Waals surface area contributed by atoms with Crippen LogP contribution >= 0.6 is 0 Å². The summed E-state index contributed by atoms with van der Waals surface area (Å²) in [6.07, 6.45) is -3.71. The van der Waals surface area contributed by atoms with Crippen molar-refractivity contribution in [3.63, 3.8) is 0 Å². The number of halogens is 3. The molecule has 1 aromatic rings. The van der Waals surface area contributed by atoms with Crippen LogP contribution in [0.1, 0.15) is 5.56 Å². The normalized spacial score (nSPS) is 10.9. The van der Waals surface area contributed by atoms with Crippen LogP contribution in [-0.4, -0.2) is 17.3 Å². The van der Waals surface area contributed by atoms with Crippen LogP contribution in [0.2, 0.25) is 0 Å². The molecule has 1 N–H and O–H groups in total. The second-order valence-corrected chi connectivity index (χ2v) is 2.82. The van der Waals surface area contributed by atoms with Gasteiger partial charge in [0, 0.05) is 0 Å². The molecule has 0 aliphatic carbocycles. The molecule has 0 aliphatic heterocycles. The molecular weight excluding hydrogens is 225 g/mol. The average molecular weight is 232 g/mol. The standard InChI is InChI=1S/C10H7F3O3/c1-2-6-3-4-8(7(14)5-6)16-9(15)10(11,12)13/h2-5,14H,1H2. The summed E-state index contributed by atoms with van der Waals surface area (Å²) in [4.78, 5) is 10.5. The molecule has 0 unspecified atom stereocenters. The Kier molecular flexibility index (Phi) is 3.22. The third-order valence-corrected chi connectivity index (χ3v) is 1.65. The predicted molar refractivity (Wildman–Crippen MR) is 49.9 cm³/mol. The van der Waals surface area contributed by atoms with E-state index >= 15 is 0 Å². The number of ether oxygens (including phenoxy) is 1. The van der Waals surface area contributed by atoms with Crippen LogP contribution in [0.4, 0.5) is 13.2 Å². The Bertz CT molecular complexity index is 424. The van der Waals surface area contributed by atoms with Gasteiger partial charge in [-0.05, 0) is 17.7 Å². The smallest absolute Gasteiger partial charge is 0.491 e. The van der Waals surface area contributed by atoms with E-state index in [0.29, 0.717) is 5.56 Å². The van der Waals surface area contributed by atoms with Gasteiger partial charge in [0.2, 0.25) is 0 Å². The van der Waals surface area contributed by atoms with Crippen molar-refractivity contribution in [2.45, 2.75) is 6.18 Å². The number of carbonyl (C=O) groups is 1. The van der Waals surface area contributed by atoms with E-state index in [1.165, 1.54) is 12.1 Å². The monoisotopic (exact) mass is 232 g/mol. The highest BCUT2D eigenvalue weighted by Crippen LogP contribution is 2.29. The summed E-state index contributed by atoms with van der Waals surface area (Å²) in [7, 11) is 0. The molecule has 3 nitrogen and oxygen atoms in total. The first-order valence-electron chi connectivity index (χ1n) is 4.09. The molecule has 0 atom stereocenters. The number of hydrogen-bond acceptors (Lipinski definition) is 3. The summed E-state index contributed by atoms with van der Waals surface area (Å²) in [5.74, 6) is -3.49. The molecule has 0 heterocycles. The van der Waals surface area contributed by atoms with Crippen LogP contribution in [0.15, 0.2) is 24.8 Å². The van der Waals surface area contributed by atoms with Crippen LogP contribution in [0.25, 0.3) is 6.08 Å². The van der Waals surface area contributed by atoms with Gasteiger partial charge in [-0.25, -0.2) is 4.79 Å². The summed E-state index contributed by atoms with van der Waals surface area (Å²) in [6, 6.07) is 3.54. The lowest BCUT2D eigenvalue weighted by Crippen LogP contribution is -2.27. The molecule has 1 aromatic carbocycles. The van der Waals surface area contributed by atoms with Gasteiger partial charge in [0.1, 0.15) is 0 Å². The van der Waals surface area contributed by atoms with E-state index in [0.717, 1.165) is 12.1 Å². The van der Waals surface area contributed by atoms with Crippen molar-refractivity contribution in [1.29, 1.82) is 0 Å². The van der Waals surface area contributed by atoms with E-state index in [2.05, 4.69) is 11.3 Å². The van der Waals surface area contributed by atoms with Crippen LogP contribution in [-0.2, 0) is 4.79 Å². The van der Waals surface area contributed by atoms with Crippen LogP contribution < -0.4 is 4.74 Å². The van der Waals surface area contributed by atoms with E-state index < -0.39 is 23.6 Å². The van der Waals surface area contributed by atoms with Crippen molar-refractivity contribution in [2.24, 2.45) is 0 Å². The second kappa shape index (κ2) is 4.26. The lowest BCUT2D eigenvalue weighted by atomic mass is 10.2. The Labute approximate surface area is 88.8 Å². The van der Waals surface area contributed by atoms with Gasteiger partial charge in [-0.3, -0.25) is 0 Å². The molecule has 6 heteroatoms. The fourth-order valence-electron chi connectivity index (χ4n) is 0.905. The summed E-state index contributed by atoms with van der Waals surface area (Å²) >= 11 is 0. The lowest BCUT2D eigenvalue weighted by Gasteiger charge is -2.08. The van der Waals surface area contributed by atoms with Gasteiger partial charge >= 0.3 is 12.1 Å². The van der Waals surface area contributed by atoms with Gasteiger partial charge in [-0.1, -0.05) is 18.7 Å². The number of rotatable bonds is 2. The maximum absolute atomic E-state index is 11.8. The molecule has 16 heavy (non-hydrogen) atoms. The SMILES string of the molecule is C=Cc1ccc(OC(=O)C(F)(F)F)c(O)c1. The zero-order chi connectivity index (χ0) is 12.3. The Morgan fingerprint density at radius 2 is 2.06 bits per heavy atom. The fourth-order valence-corrected chi connectivity index (χ4v) is 0.905. The van der Waals surface area contributed by atoms with Gasteiger partial charge in [-0.15, -0.1) is 0 Å². The minimum Gasteiger partial charge on any atom is -0.504 e. The second-order valence-electron chi connectivity index (χ2n) is 2.82. The molecule has 0 aromatic heterocycles. The largest absolute Gasteiger partial charge is 0.504 e. The number of phenolic OH excluding ortho intramolecular Hbond substituents is 1. The molecule has 0 saturated heterocycles. The molecule has 0 radical (unpaired) electrons. The molecule has 86 valence electrons. The summed E-state index contributed by atoms with van der Waals surface area (Å²) in [5, 5.41) is 9.24. The van der Waals surface area contributed by atoms with E-state index in [-0.39, 0.29) is 0 Å². The van der Waals surface area contributed by atoms with Crippen LogP contribution in [0.3, 0.4) is 0 Å². The molecule has 1 rings (SSSR count). The quantitative estimate of drug-likeness (QED) is 0.629. The third kappa shape index (κ3) is 2.75. The highest BCUT2D eigenvalue weighted by molar-refractivity contribution is 5.78. The Balaban J connectivity index is 2.91. The molecule has 0 spiro atoms. The topological polar surface area (TPSA) is 46.5 Å². The number of aromatic hydroxyl groups is 1. The zero-order valence-corrected chi connectivity index (χ0v) is 7.91. The molecule has 0 fully saturated rings. The molecule has 0 amide bonds. The number of esters is 1. The number of benzene rings is 1. The van der Waals surface area contributed by atoms with Crippen LogP contribution in [0, 0.1) is 0 Å². The van der Waals surface area contributed by atoms with Gasteiger partial charge in [0.05, 0.1) is 0 Å². The minimum atomic E-state index is -5.09. The third-order valence-electron chi connectivity index (χ3n) is 1.65.